The fourth-order valence-corrected chi connectivity index (χ4v) is 1.73. The van der Waals surface area contributed by atoms with Crippen LogP contribution >= 0.6 is 0 Å². The fraction of sp³-hybridized carbons (Fsp3) is 0.267. The van der Waals surface area contributed by atoms with Crippen LogP contribution in [0.3, 0.4) is 0 Å². The highest BCUT2D eigenvalue weighted by atomic mass is 16.1. The molecule has 0 bridgehead atoms. The van der Waals surface area contributed by atoms with Crippen LogP contribution in [0.1, 0.15) is 35.6 Å². The second kappa shape index (κ2) is 6.09. The fourth-order valence-electron chi connectivity index (χ4n) is 1.73. The number of hydrogen-bond acceptors (Lipinski definition) is 3. The number of hydrogen-bond donors (Lipinski definition) is 1. The van der Waals surface area contributed by atoms with Gasteiger partial charge in [0, 0.05) is 11.4 Å². The molecule has 2 rings (SSSR count). The van der Waals surface area contributed by atoms with Gasteiger partial charge in [-0.1, -0.05) is 26.0 Å². The number of aromatic nitrogens is 2. The number of carbonyl (C=O) groups is 1. The van der Waals surface area contributed by atoms with Crippen molar-refractivity contribution in [2.45, 2.75) is 26.7 Å². The van der Waals surface area contributed by atoms with E-state index in [9.17, 15) is 4.79 Å². The molecule has 19 heavy (non-hydrogen) atoms. The van der Waals surface area contributed by atoms with Crippen LogP contribution in [0.15, 0.2) is 36.7 Å². The van der Waals surface area contributed by atoms with E-state index in [0.29, 0.717) is 5.69 Å². The van der Waals surface area contributed by atoms with Crippen molar-refractivity contribution in [3.8, 4) is 0 Å². The minimum atomic E-state index is -0.207. The molecule has 0 saturated heterocycles. The van der Waals surface area contributed by atoms with E-state index in [1.54, 1.807) is 6.07 Å². The molecule has 0 unspecified atom stereocenters. The average Bonchev–Trinajstić information content (AvgIpc) is 2.48. The van der Waals surface area contributed by atoms with E-state index in [1.165, 1.54) is 11.9 Å². The predicted octanol–water partition coefficient (Wildman–Crippen LogP) is 2.85. The number of aryl methyl sites for hydroxylation is 2. The van der Waals surface area contributed by atoms with Crippen LogP contribution in [0.5, 0.6) is 0 Å². The van der Waals surface area contributed by atoms with Gasteiger partial charge in [-0.15, -0.1) is 0 Å². The quantitative estimate of drug-likeness (QED) is 0.914. The molecule has 0 radical (unpaired) electrons. The number of anilines is 1. The van der Waals surface area contributed by atoms with Gasteiger partial charge in [0.1, 0.15) is 12.0 Å². The Hall–Kier alpha value is -2.23. The summed E-state index contributed by atoms with van der Waals surface area (Å²) in [5.74, 6) is -0.207. The van der Waals surface area contributed by atoms with Gasteiger partial charge in [0.25, 0.3) is 5.91 Å². The molecule has 0 saturated carbocycles. The van der Waals surface area contributed by atoms with E-state index in [-0.39, 0.29) is 5.91 Å². The molecule has 0 fully saturated rings. The smallest absolute Gasteiger partial charge is 0.274 e. The molecule has 0 atom stereocenters. The normalized spacial score (nSPS) is 10.2. The number of nitrogens with zero attached hydrogens (tertiary/aromatic N) is 2. The highest BCUT2D eigenvalue weighted by Gasteiger charge is 2.08. The summed E-state index contributed by atoms with van der Waals surface area (Å²) in [6.07, 6.45) is 3.20. The van der Waals surface area contributed by atoms with Gasteiger partial charge in [0.2, 0.25) is 0 Å². The number of amides is 1. The van der Waals surface area contributed by atoms with Gasteiger partial charge in [-0.3, -0.25) is 4.79 Å². The van der Waals surface area contributed by atoms with Crippen molar-refractivity contribution < 1.29 is 4.79 Å². The third-order valence-corrected chi connectivity index (χ3v) is 2.94. The molecule has 1 N–H and O–H groups in total. The van der Waals surface area contributed by atoms with Gasteiger partial charge in [-0.2, -0.15) is 0 Å². The molecule has 0 spiro atoms. The molecule has 1 aromatic heterocycles. The second-order valence-electron chi connectivity index (χ2n) is 4.25. The zero-order chi connectivity index (χ0) is 13.7. The van der Waals surface area contributed by atoms with Crippen molar-refractivity contribution in [3.63, 3.8) is 0 Å². The summed E-state index contributed by atoms with van der Waals surface area (Å²) in [5, 5.41) is 2.83. The van der Waals surface area contributed by atoms with E-state index < -0.39 is 0 Å². The monoisotopic (exact) mass is 255 g/mol. The first kappa shape index (κ1) is 13.2. The molecular weight excluding hydrogens is 238 g/mol. The third-order valence-electron chi connectivity index (χ3n) is 2.94. The molecule has 0 aliphatic carbocycles. The molecule has 4 heteroatoms. The van der Waals surface area contributed by atoms with E-state index in [0.717, 1.165) is 24.2 Å². The number of rotatable bonds is 4. The summed E-state index contributed by atoms with van der Waals surface area (Å²) >= 11 is 0. The van der Waals surface area contributed by atoms with Crippen molar-refractivity contribution in [2.75, 3.05) is 5.32 Å². The largest absolute Gasteiger partial charge is 0.321 e. The lowest BCUT2D eigenvalue weighted by molar-refractivity contribution is 0.102. The number of benzene rings is 1. The maximum absolute atomic E-state index is 12.0. The standard InChI is InChI=1S/C15H17N3O/c1-3-11-5-7-13(8-6-11)18-15(19)14-9-12(4-2)16-10-17-14/h5-10H,3-4H2,1-2H3,(H,18,19). The van der Waals surface area contributed by atoms with Crippen LogP contribution in [0.2, 0.25) is 0 Å². The van der Waals surface area contributed by atoms with Crippen LogP contribution < -0.4 is 5.32 Å². The Morgan fingerprint density at radius 1 is 1.11 bits per heavy atom. The van der Waals surface area contributed by atoms with Crippen LogP contribution in [-0.2, 0) is 12.8 Å². The summed E-state index contributed by atoms with van der Waals surface area (Å²) < 4.78 is 0. The Kier molecular flexibility index (Phi) is 4.23. The lowest BCUT2D eigenvalue weighted by Crippen LogP contribution is -2.14. The minimum Gasteiger partial charge on any atom is -0.321 e. The molecule has 0 aliphatic rings. The maximum atomic E-state index is 12.0. The Morgan fingerprint density at radius 2 is 1.84 bits per heavy atom. The summed E-state index contributed by atoms with van der Waals surface area (Å²) in [6, 6.07) is 9.53. The molecule has 1 amide bonds. The Bertz CT molecular complexity index is 564. The highest BCUT2D eigenvalue weighted by molar-refractivity contribution is 6.02. The zero-order valence-electron chi connectivity index (χ0n) is 11.2. The SMILES string of the molecule is CCc1ccc(NC(=O)c2cc(CC)ncn2)cc1. The highest BCUT2D eigenvalue weighted by Crippen LogP contribution is 2.11. The van der Waals surface area contributed by atoms with Crippen molar-refractivity contribution >= 4 is 11.6 Å². The Labute approximate surface area is 112 Å². The van der Waals surface area contributed by atoms with Gasteiger partial charge in [0.15, 0.2) is 0 Å². The van der Waals surface area contributed by atoms with E-state index >= 15 is 0 Å². The zero-order valence-corrected chi connectivity index (χ0v) is 11.2. The van der Waals surface area contributed by atoms with Crippen LogP contribution in [0.4, 0.5) is 5.69 Å². The Morgan fingerprint density at radius 3 is 2.47 bits per heavy atom. The summed E-state index contributed by atoms with van der Waals surface area (Å²) in [4.78, 5) is 20.1. The van der Waals surface area contributed by atoms with Gasteiger partial charge >= 0.3 is 0 Å². The molecule has 4 nitrogen and oxygen atoms in total. The van der Waals surface area contributed by atoms with E-state index in [1.807, 2.05) is 31.2 Å². The van der Waals surface area contributed by atoms with Gasteiger partial charge < -0.3 is 5.32 Å². The second-order valence-corrected chi connectivity index (χ2v) is 4.25. The lowest BCUT2D eigenvalue weighted by atomic mass is 10.1. The molecule has 98 valence electrons. The topological polar surface area (TPSA) is 54.9 Å². The molecule has 2 aromatic rings. The summed E-state index contributed by atoms with van der Waals surface area (Å²) in [7, 11) is 0. The van der Waals surface area contributed by atoms with Crippen LogP contribution in [-0.4, -0.2) is 15.9 Å². The molecule has 1 aromatic carbocycles. The lowest BCUT2D eigenvalue weighted by Gasteiger charge is -2.06. The van der Waals surface area contributed by atoms with Crippen molar-refractivity contribution in [1.82, 2.24) is 9.97 Å². The molecule has 1 heterocycles. The van der Waals surface area contributed by atoms with Crippen molar-refractivity contribution in [1.29, 1.82) is 0 Å². The Balaban J connectivity index is 2.11. The van der Waals surface area contributed by atoms with Crippen LogP contribution in [0.25, 0.3) is 0 Å². The number of carbonyl (C=O) groups excluding carboxylic acids is 1. The van der Waals surface area contributed by atoms with Gasteiger partial charge in [-0.05, 0) is 36.6 Å². The molecule has 0 aliphatic heterocycles. The van der Waals surface area contributed by atoms with Crippen molar-refractivity contribution in [2.24, 2.45) is 0 Å². The van der Waals surface area contributed by atoms with Crippen molar-refractivity contribution in [3.05, 3.63) is 53.6 Å². The molecular formula is C15H17N3O. The van der Waals surface area contributed by atoms with Gasteiger partial charge in [0.05, 0.1) is 0 Å². The van der Waals surface area contributed by atoms with Crippen LogP contribution in [0, 0.1) is 0 Å². The van der Waals surface area contributed by atoms with E-state index in [2.05, 4.69) is 22.2 Å². The average molecular weight is 255 g/mol. The summed E-state index contributed by atoms with van der Waals surface area (Å²) in [6.45, 7) is 4.09. The first-order chi connectivity index (χ1) is 9.22. The summed E-state index contributed by atoms with van der Waals surface area (Å²) in [5.41, 5.74) is 3.28. The predicted molar refractivity (Wildman–Crippen MR) is 75.2 cm³/mol. The third kappa shape index (κ3) is 3.37. The number of nitrogens with one attached hydrogen (secondary N) is 1. The first-order valence-electron chi connectivity index (χ1n) is 6.44. The van der Waals surface area contributed by atoms with Gasteiger partial charge in [-0.25, -0.2) is 9.97 Å². The maximum Gasteiger partial charge on any atom is 0.274 e. The minimum absolute atomic E-state index is 0.207. The van der Waals surface area contributed by atoms with E-state index in [4.69, 9.17) is 0 Å². The first-order valence-corrected chi connectivity index (χ1v) is 6.44.